The van der Waals surface area contributed by atoms with Crippen LogP contribution in [0.3, 0.4) is 0 Å². The highest BCUT2D eigenvalue weighted by atomic mass is 32.2. The SMILES string of the molecule is O=S(=O)(OC1=C2CCNCC=C2C=CC1)C(F)(F)F. The molecule has 0 aromatic carbocycles. The Morgan fingerprint density at radius 3 is 2.74 bits per heavy atom. The summed E-state index contributed by atoms with van der Waals surface area (Å²) in [5, 5.41) is 3.05. The minimum atomic E-state index is -5.60. The average Bonchev–Trinajstić information content (AvgIpc) is 2.52. The van der Waals surface area contributed by atoms with Crippen LogP contribution < -0.4 is 5.32 Å². The third-order valence-electron chi connectivity index (χ3n) is 2.80. The van der Waals surface area contributed by atoms with E-state index in [0.717, 1.165) is 0 Å². The maximum atomic E-state index is 12.3. The lowest BCUT2D eigenvalue weighted by Gasteiger charge is -2.19. The van der Waals surface area contributed by atoms with Crippen LogP contribution in [0.1, 0.15) is 12.8 Å². The van der Waals surface area contributed by atoms with Crippen molar-refractivity contribution in [2.75, 3.05) is 13.1 Å². The number of hydrogen-bond acceptors (Lipinski definition) is 4. The van der Waals surface area contributed by atoms with Gasteiger partial charge in [-0.25, -0.2) is 0 Å². The van der Waals surface area contributed by atoms with Crippen molar-refractivity contribution in [3.05, 3.63) is 35.1 Å². The molecule has 1 aliphatic heterocycles. The topological polar surface area (TPSA) is 55.4 Å². The van der Waals surface area contributed by atoms with Crippen LogP contribution in [0, 0.1) is 0 Å². The lowest BCUT2D eigenvalue weighted by molar-refractivity contribution is -0.0523. The summed E-state index contributed by atoms with van der Waals surface area (Å²) in [6.07, 6.45) is 5.61. The molecule has 8 heteroatoms. The zero-order valence-electron chi connectivity index (χ0n) is 9.83. The van der Waals surface area contributed by atoms with Gasteiger partial charge in [0.05, 0.1) is 0 Å². The van der Waals surface area contributed by atoms with E-state index in [1.807, 2.05) is 0 Å². The summed E-state index contributed by atoms with van der Waals surface area (Å²) in [5.74, 6) is -0.144. The predicted octanol–water partition coefficient (Wildman–Crippen LogP) is 1.99. The first-order chi connectivity index (χ1) is 8.81. The summed E-state index contributed by atoms with van der Waals surface area (Å²) in [6.45, 7) is 1.14. The second-order valence-corrected chi connectivity index (χ2v) is 5.64. The van der Waals surface area contributed by atoms with Gasteiger partial charge in [-0.05, 0) is 18.5 Å². The molecular weight excluding hydrogens is 283 g/mol. The molecule has 19 heavy (non-hydrogen) atoms. The van der Waals surface area contributed by atoms with Crippen LogP contribution in [0.25, 0.3) is 0 Å². The Balaban J connectivity index is 2.34. The summed E-state index contributed by atoms with van der Waals surface area (Å²) >= 11 is 0. The largest absolute Gasteiger partial charge is 0.534 e. The van der Waals surface area contributed by atoms with Crippen LogP contribution in [-0.4, -0.2) is 27.0 Å². The fraction of sp³-hybridized carbons (Fsp3) is 0.455. The van der Waals surface area contributed by atoms with E-state index in [1.54, 1.807) is 18.2 Å². The normalized spacial score (nSPS) is 20.7. The molecule has 0 atom stereocenters. The van der Waals surface area contributed by atoms with Crippen molar-refractivity contribution in [1.82, 2.24) is 5.32 Å². The Morgan fingerprint density at radius 2 is 2.05 bits per heavy atom. The molecule has 4 nitrogen and oxygen atoms in total. The van der Waals surface area contributed by atoms with Crippen molar-refractivity contribution in [1.29, 1.82) is 0 Å². The first-order valence-electron chi connectivity index (χ1n) is 5.62. The molecule has 2 rings (SSSR count). The molecule has 0 spiro atoms. The molecule has 1 heterocycles. The van der Waals surface area contributed by atoms with Gasteiger partial charge in [0.1, 0.15) is 5.76 Å². The summed E-state index contributed by atoms with van der Waals surface area (Å²) in [6, 6.07) is 0. The van der Waals surface area contributed by atoms with Gasteiger partial charge in [0.2, 0.25) is 0 Å². The minimum absolute atomic E-state index is 0.0436. The predicted molar refractivity (Wildman–Crippen MR) is 62.4 cm³/mol. The molecule has 0 fully saturated rings. The van der Waals surface area contributed by atoms with Gasteiger partial charge in [0, 0.05) is 18.5 Å². The molecule has 0 unspecified atom stereocenters. The smallest absolute Gasteiger partial charge is 0.380 e. The highest BCUT2D eigenvalue weighted by Crippen LogP contribution is 2.33. The van der Waals surface area contributed by atoms with Crippen molar-refractivity contribution < 1.29 is 25.8 Å². The molecule has 0 radical (unpaired) electrons. The standard InChI is InChI=1S/C11H12F3NO3S/c12-11(13,14)19(16,17)18-10-3-1-2-8-4-6-15-7-5-9(8)10/h1-2,4,15H,3,5-7H2. The summed E-state index contributed by atoms with van der Waals surface area (Å²) in [4.78, 5) is 0. The maximum absolute atomic E-state index is 12.3. The Labute approximate surface area is 108 Å². The van der Waals surface area contributed by atoms with E-state index in [9.17, 15) is 21.6 Å². The Kier molecular flexibility index (Phi) is 3.73. The monoisotopic (exact) mass is 295 g/mol. The van der Waals surface area contributed by atoms with Crippen molar-refractivity contribution in [2.45, 2.75) is 18.3 Å². The maximum Gasteiger partial charge on any atom is 0.534 e. The van der Waals surface area contributed by atoms with E-state index in [2.05, 4.69) is 9.50 Å². The Morgan fingerprint density at radius 1 is 1.32 bits per heavy atom. The summed E-state index contributed by atoms with van der Waals surface area (Å²) in [5.41, 5.74) is -4.18. The first kappa shape index (κ1) is 14.1. The van der Waals surface area contributed by atoms with E-state index < -0.39 is 15.6 Å². The molecule has 2 aliphatic rings. The third kappa shape index (κ3) is 3.01. The van der Waals surface area contributed by atoms with Crippen LogP contribution in [0.5, 0.6) is 0 Å². The van der Waals surface area contributed by atoms with E-state index in [1.165, 1.54) is 0 Å². The van der Waals surface area contributed by atoms with Gasteiger partial charge in [0.25, 0.3) is 0 Å². The fourth-order valence-electron chi connectivity index (χ4n) is 1.91. The van der Waals surface area contributed by atoms with E-state index in [-0.39, 0.29) is 12.2 Å². The molecular formula is C11H12F3NO3S. The van der Waals surface area contributed by atoms with Gasteiger partial charge in [-0.2, -0.15) is 21.6 Å². The van der Waals surface area contributed by atoms with Crippen LogP contribution >= 0.6 is 0 Å². The lowest BCUT2D eigenvalue weighted by atomic mass is 9.96. The molecule has 0 saturated heterocycles. The van der Waals surface area contributed by atoms with Crippen LogP contribution in [0.4, 0.5) is 13.2 Å². The minimum Gasteiger partial charge on any atom is -0.380 e. The molecule has 0 bridgehead atoms. The first-order valence-corrected chi connectivity index (χ1v) is 7.02. The Hall–Kier alpha value is -1.28. The number of allylic oxidation sites excluding steroid dienone is 3. The number of hydrogen-bond donors (Lipinski definition) is 1. The molecule has 0 aromatic rings. The zero-order chi connectivity index (χ0) is 14.1. The molecule has 1 aliphatic carbocycles. The molecule has 0 amide bonds. The van der Waals surface area contributed by atoms with Gasteiger partial charge in [-0.1, -0.05) is 18.2 Å². The summed E-state index contributed by atoms with van der Waals surface area (Å²) < 4.78 is 63.3. The summed E-state index contributed by atoms with van der Waals surface area (Å²) in [7, 11) is -5.60. The van der Waals surface area contributed by atoms with Gasteiger partial charge in [-0.15, -0.1) is 0 Å². The Bertz CT molecular complexity index is 558. The van der Waals surface area contributed by atoms with E-state index >= 15 is 0 Å². The second kappa shape index (κ2) is 5.01. The lowest BCUT2D eigenvalue weighted by Crippen LogP contribution is -2.26. The van der Waals surface area contributed by atoms with Gasteiger partial charge >= 0.3 is 15.6 Å². The molecule has 1 N–H and O–H groups in total. The van der Waals surface area contributed by atoms with Gasteiger partial charge < -0.3 is 9.50 Å². The second-order valence-electron chi connectivity index (χ2n) is 4.11. The zero-order valence-corrected chi connectivity index (χ0v) is 10.6. The van der Waals surface area contributed by atoms with Crippen molar-refractivity contribution in [2.24, 2.45) is 0 Å². The van der Waals surface area contributed by atoms with E-state index in [4.69, 9.17) is 0 Å². The number of nitrogens with one attached hydrogen (secondary N) is 1. The number of halogens is 3. The van der Waals surface area contributed by atoms with Crippen molar-refractivity contribution in [3.8, 4) is 0 Å². The average molecular weight is 295 g/mol. The number of fused-ring (bicyclic) bond motifs is 1. The molecule has 0 aromatic heterocycles. The van der Waals surface area contributed by atoms with Crippen LogP contribution in [0.2, 0.25) is 0 Å². The van der Waals surface area contributed by atoms with Crippen LogP contribution in [0.15, 0.2) is 35.1 Å². The van der Waals surface area contributed by atoms with E-state index in [0.29, 0.717) is 30.7 Å². The number of alkyl halides is 3. The molecule has 0 saturated carbocycles. The third-order valence-corrected chi connectivity index (χ3v) is 3.79. The van der Waals surface area contributed by atoms with Crippen molar-refractivity contribution >= 4 is 10.1 Å². The van der Waals surface area contributed by atoms with Gasteiger partial charge in [0.15, 0.2) is 0 Å². The van der Waals surface area contributed by atoms with Crippen LogP contribution in [-0.2, 0) is 14.3 Å². The number of rotatable bonds is 2. The highest BCUT2D eigenvalue weighted by molar-refractivity contribution is 7.87. The highest BCUT2D eigenvalue weighted by Gasteiger charge is 2.49. The molecule has 106 valence electrons. The van der Waals surface area contributed by atoms with Gasteiger partial charge in [-0.3, -0.25) is 0 Å². The fourth-order valence-corrected chi connectivity index (χ4v) is 2.44. The van der Waals surface area contributed by atoms with Crippen molar-refractivity contribution in [3.63, 3.8) is 0 Å². The quantitative estimate of drug-likeness (QED) is 0.625.